The van der Waals surface area contributed by atoms with Crippen molar-refractivity contribution in [3.05, 3.63) is 106 Å². The number of ether oxygens (including phenoxy) is 2. The molecule has 4 aromatic carbocycles. The van der Waals surface area contributed by atoms with Crippen molar-refractivity contribution >= 4 is 56.0 Å². The average Bonchev–Trinajstić information content (AvgIpc) is 3.45. The second-order valence-electron chi connectivity index (χ2n) is 13.5. The van der Waals surface area contributed by atoms with Crippen LogP contribution in [0.3, 0.4) is 0 Å². The first-order chi connectivity index (χ1) is 23.7. The Balaban J connectivity index is 1.51. The van der Waals surface area contributed by atoms with Gasteiger partial charge in [-0.3, -0.25) is 0 Å². The van der Waals surface area contributed by atoms with Crippen LogP contribution in [0.4, 0.5) is 10.6 Å². The summed E-state index contributed by atoms with van der Waals surface area (Å²) in [6.07, 6.45) is 0.870. The van der Waals surface area contributed by atoms with E-state index in [1.807, 2.05) is 76.2 Å². The van der Waals surface area contributed by atoms with Crippen LogP contribution in [-0.4, -0.2) is 60.4 Å². The number of hydrogen-bond acceptors (Lipinski definition) is 7. The molecule has 1 amide bonds. The number of halogens is 2. The molecule has 0 saturated carbocycles. The predicted molar refractivity (Wildman–Crippen MR) is 199 cm³/mol. The number of piperidine rings is 1. The Morgan fingerprint density at radius 2 is 1.58 bits per heavy atom. The van der Waals surface area contributed by atoms with E-state index in [2.05, 4.69) is 4.90 Å². The van der Waals surface area contributed by atoms with Crippen LogP contribution in [0.5, 0.6) is 5.75 Å². The van der Waals surface area contributed by atoms with Gasteiger partial charge in [-0.2, -0.15) is 12.5 Å². The van der Waals surface area contributed by atoms with Crippen LogP contribution in [-0.2, 0) is 21.3 Å². The van der Waals surface area contributed by atoms with Gasteiger partial charge in [0.05, 0.1) is 22.5 Å². The second kappa shape index (κ2) is 14.2. The molecular weight excluding hydrogens is 695 g/mol. The van der Waals surface area contributed by atoms with Gasteiger partial charge in [0, 0.05) is 47.2 Å². The highest BCUT2D eigenvalue weighted by atomic mass is 35.5. The van der Waals surface area contributed by atoms with Gasteiger partial charge in [-0.1, -0.05) is 71.2 Å². The zero-order valence-corrected chi connectivity index (χ0v) is 31.0. The lowest BCUT2D eigenvalue weighted by molar-refractivity contribution is 0.0204. The van der Waals surface area contributed by atoms with Gasteiger partial charge in [-0.05, 0) is 88.6 Å². The van der Waals surface area contributed by atoms with Gasteiger partial charge in [0.15, 0.2) is 5.82 Å². The molecule has 1 aliphatic heterocycles. The van der Waals surface area contributed by atoms with E-state index < -0.39 is 15.6 Å². The number of rotatable bonds is 8. The number of amides is 1. The van der Waals surface area contributed by atoms with Crippen molar-refractivity contribution in [1.29, 1.82) is 0 Å². The van der Waals surface area contributed by atoms with E-state index in [1.54, 1.807) is 48.4 Å². The highest BCUT2D eigenvalue weighted by molar-refractivity contribution is 7.90. The van der Waals surface area contributed by atoms with Crippen molar-refractivity contribution in [1.82, 2.24) is 14.1 Å². The lowest BCUT2D eigenvalue weighted by Gasteiger charge is -2.39. The number of anilines is 1. The number of carbonyl (C=O) groups excluding carboxylic acids is 1. The summed E-state index contributed by atoms with van der Waals surface area (Å²) in [6, 6.07) is 25.3. The van der Waals surface area contributed by atoms with Crippen LogP contribution in [0.1, 0.15) is 44.7 Å². The molecule has 0 atom stereocenters. The number of carbonyl (C=O) groups is 1. The van der Waals surface area contributed by atoms with Crippen LogP contribution >= 0.6 is 23.2 Å². The molecule has 50 heavy (non-hydrogen) atoms. The first-order valence-corrected chi connectivity index (χ1v) is 18.6. The zero-order valence-electron chi connectivity index (χ0n) is 28.7. The fraction of sp³-hybridized carbons (Fsp3) is 0.316. The van der Waals surface area contributed by atoms with E-state index in [4.69, 9.17) is 37.8 Å². The van der Waals surface area contributed by atoms with Crippen molar-refractivity contribution in [2.45, 2.75) is 63.6 Å². The smallest absolute Gasteiger partial charge is 0.410 e. The Hall–Kier alpha value is -4.25. The van der Waals surface area contributed by atoms with Crippen molar-refractivity contribution in [3.63, 3.8) is 0 Å². The molecular formula is C38H40Cl2N4O5S. The first-order valence-electron chi connectivity index (χ1n) is 16.4. The third-order valence-corrected chi connectivity index (χ3v) is 11.0. The number of fused-ring (bicyclic) bond motifs is 1. The number of aromatic nitrogens is 2. The molecule has 1 aromatic heterocycles. The van der Waals surface area contributed by atoms with Gasteiger partial charge < -0.3 is 19.3 Å². The molecule has 0 radical (unpaired) electrons. The van der Waals surface area contributed by atoms with E-state index in [9.17, 15) is 13.2 Å². The van der Waals surface area contributed by atoms with Gasteiger partial charge in [0.1, 0.15) is 11.4 Å². The van der Waals surface area contributed by atoms with Crippen LogP contribution in [0.2, 0.25) is 10.0 Å². The predicted octanol–water partition coefficient (Wildman–Crippen LogP) is 8.97. The molecule has 1 saturated heterocycles. The monoisotopic (exact) mass is 734 g/mol. The minimum Gasteiger partial charge on any atom is -0.497 e. The lowest BCUT2D eigenvalue weighted by Crippen LogP contribution is -2.48. The molecule has 0 bridgehead atoms. The van der Waals surface area contributed by atoms with Crippen molar-refractivity contribution in [3.8, 4) is 16.9 Å². The molecule has 5 aromatic rings. The van der Waals surface area contributed by atoms with Crippen molar-refractivity contribution in [2.75, 3.05) is 25.1 Å². The molecule has 9 nitrogen and oxygen atoms in total. The highest BCUT2D eigenvalue weighted by Gasteiger charge is 2.34. The van der Waals surface area contributed by atoms with Gasteiger partial charge >= 0.3 is 6.09 Å². The zero-order chi connectivity index (χ0) is 35.8. The third-order valence-electron chi connectivity index (χ3n) is 8.77. The Morgan fingerprint density at radius 3 is 2.20 bits per heavy atom. The van der Waals surface area contributed by atoms with Crippen molar-refractivity contribution in [2.24, 2.45) is 0 Å². The molecule has 2 heterocycles. The molecule has 0 N–H and O–H groups in total. The number of benzene rings is 4. The topological polar surface area (TPSA) is 94.0 Å². The normalized spacial score (nSPS) is 14.2. The molecule has 1 aliphatic rings. The molecule has 0 aliphatic carbocycles. The molecule has 262 valence electrons. The Labute approximate surface area is 303 Å². The quantitative estimate of drug-likeness (QED) is 0.157. The number of aryl methyl sites for hydroxylation is 1. The summed E-state index contributed by atoms with van der Waals surface area (Å²) in [5.41, 5.74) is 3.02. The molecule has 12 heteroatoms. The summed E-state index contributed by atoms with van der Waals surface area (Å²) in [4.78, 5) is 16.9. The Kier molecular flexibility index (Phi) is 10.1. The van der Waals surface area contributed by atoms with Crippen molar-refractivity contribution < 1.29 is 22.7 Å². The molecule has 0 spiro atoms. The second-order valence-corrected chi connectivity index (χ2v) is 16.1. The van der Waals surface area contributed by atoms with E-state index in [1.165, 1.54) is 0 Å². The van der Waals surface area contributed by atoms with Crippen LogP contribution in [0.15, 0.2) is 89.8 Å². The molecule has 0 unspecified atom stereocenters. The van der Waals surface area contributed by atoms with Crippen LogP contribution in [0, 0.1) is 6.92 Å². The van der Waals surface area contributed by atoms with Crippen LogP contribution < -0.4 is 9.64 Å². The van der Waals surface area contributed by atoms with Crippen LogP contribution in [0.25, 0.3) is 22.0 Å². The molecule has 6 rings (SSSR count). The maximum absolute atomic E-state index is 14.3. The maximum Gasteiger partial charge on any atom is 0.410 e. The Bertz CT molecular complexity index is 2120. The third kappa shape index (κ3) is 7.43. The standard InChI is InChI=1S/C38H40Cl2N4O5S/c1-25-10-16-29(17-11-25)50(46,47)44-35-23-34(40)31(30-8-6-7-9-33(30)39)22-32(35)36(41-44)43(24-26-12-14-28(48-5)15-13-26)27-18-20-42(21-19-27)37(45)49-38(2,3)4/h6-17,22-23,27H,18-21,24H2,1-5H3. The largest absolute Gasteiger partial charge is 0.497 e. The summed E-state index contributed by atoms with van der Waals surface area (Å²) >= 11 is 13.6. The average molecular weight is 736 g/mol. The lowest BCUT2D eigenvalue weighted by atomic mass is 10.0. The summed E-state index contributed by atoms with van der Waals surface area (Å²) in [5.74, 6) is 1.20. The van der Waals surface area contributed by atoms with Gasteiger partial charge in [-0.25, -0.2) is 4.79 Å². The summed E-state index contributed by atoms with van der Waals surface area (Å²) in [6.45, 7) is 8.81. The minimum absolute atomic E-state index is 0.0936. The fourth-order valence-electron chi connectivity index (χ4n) is 6.18. The minimum atomic E-state index is -4.14. The fourth-order valence-corrected chi connectivity index (χ4v) is 7.95. The Morgan fingerprint density at radius 1 is 0.920 bits per heavy atom. The number of nitrogens with zero attached hydrogens (tertiary/aromatic N) is 4. The SMILES string of the molecule is COc1ccc(CN(c2nn(S(=O)(=O)c3ccc(C)cc3)c3cc(Cl)c(-c4ccccc4Cl)cc23)C2CCN(C(=O)OC(C)(C)C)CC2)cc1. The number of methoxy groups -OCH3 is 1. The molecule has 1 fully saturated rings. The van der Waals surface area contributed by atoms with E-state index in [-0.39, 0.29) is 17.0 Å². The highest BCUT2D eigenvalue weighted by Crippen LogP contribution is 2.41. The maximum atomic E-state index is 14.3. The summed E-state index contributed by atoms with van der Waals surface area (Å²) in [5, 5.41) is 6.35. The van der Waals surface area contributed by atoms with Gasteiger partial charge in [0.2, 0.25) is 0 Å². The van der Waals surface area contributed by atoms with E-state index >= 15 is 0 Å². The summed E-state index contributed by atoms with van der Waals surface area (Å²) in [7, 11) is -2.52. The summed E-state index contributed by atoms with van der Waals surface area (Å²) < 4.78 is 40.7. The van der Waals surface area contributed by atoms with Gasteiger partial charge in [0.25, 0.3) is 10.0 Å². The van der Waals surface area contributed by atoms with Gasteiger partial charge in [-0.15, -0.1) is 5.10 Å². The first kappa shape index (κ1) is 35.6. The number of likely N-dealkylation sites (tertiary alicyclic amines) is 1. The van der Waals surface area contributed by atoms with E-state index in [0.717, 1.165) is 21.0 Å². The van der Waals surface area contributed by atoms with E-state index in [0.29, 0.717) is 70.4 Å². The number of hydrogen-bond donors (Lipinski definition) is 0.